The van der Waals surface area contributed by atoms with Crippen LogP contribution in [0.1, 0.15) is 29.0 Å². The van der Waals surface area contributed by atoms with Gasteiger partial charge in [0.05, 0.1) is 5.38 Å². The van der Waals surface area contributed by atoms with Crippen LogP contribution in [0.25, 0.3) is 0 Å². The number of alkyl halides is 1. The Kier molecular flexibility index (Phi) is 4.71. The lowest BCUT2D eigenvalue weighted by Crippen LogP contribution is -1.95. The third-order valence-corrected chi connectivity index (χ3v) is 4.36. The summed E-state index contributed by atoms with van der Waals surface area (Å²) in [5.74, 6) is 0. The van der Waals surface area contributed by atoms with Gasteiger partial charge in [-0.15, -0.1) is 11.6 Å². The van der Waals surface area contributed by atoms with Gasteiger partial charge in [-0.25, -0.2) is 0 Å². The lowest BCUT2D eigenvalue weighted by molar-refractivity contribution is 1.10. The largest absolute Gasteiger partial charge is 0.113 e. The van der Waals surface area contributed by atoms with Crippen LogP contribution in [-0.4, -0.2) is 0 Å². The molecule has 0 bridgehead atoms. The van der Waals surface area contributed by atoms with Gasteiger partial charge in [-0.05, 0) is 41.3 Å². The maximum absolute atomic E-state index is 6.52. The van der Waals surface area contributed by atoms with Gasteiger partial charge < -0.3 is 0 Å². The minimum absolute atomic E-state index is 0.191. The molecule has 0 amide bonds. The molecule has 94 valence electrons. The van der Waals surface area contributed by atoms with Gasteiger partial charge in [-0.3, -0.25) is 0 Å². The van der Waals surface area contributed by atoms with E-state index in [0.29, 0.717) is 5.02 Å². The van der Waals surface area contributed by atoms with E-state index in [2.05, 4.69) is 47.1 Å². The first-order valence-electron chi connectivity index (χ1n) is 5.79. The van der Waals surface area contributed by atoms with E-state index < -0.39 is 0 Å². The second-order valence-electron chi connectivity index (χ2n) is 4.12. The molecule has 0 N–H and O–H groups in total. The molecule has 1 unspecified atom stereocenters. The van der Waals surface area contributed by atoms with Gasteiger partial charge in [-0.1, -0.05) is 58.7 Å². The fraction of sp³-hybridized carbons (Fsp3) is 0.200. The minimum Gasteiger partial charge on any atom is -0.113 e. The topological polar surface area (TPSA) is 0 Å². The normalized spacial score (nSPS) is 12.4. The highest BCUT2D eigenvalue weighted by Gasteiger charge is 2.14. The molecule has 0 aliphatic carbocycles. The Morgan fingerprint density at radius 1 is 1.11 bits per heavy atom. The molecule has 0 nitrogen and oxygen atoms in total. The van der Waals surface area contributed by atoms with Crippen LogP contribution in [0.5, 0.6) is 0 Å². The zero-order chi connectivity index (χ0) is 13.1. The van der Waals surface area contributed by atoms with Crippen LogP contribution in [0.3, 0.4) is 0 Å². The molecule has 0 saturated heterocycles. The van der Waals surface area contributed by atoms with Gasteiger partial charge in [0.2, 0.25) is 0 Å². The number of hydrogen-bond donors (Lipinski definition) is 0. The van der Waals surface area contributed by atoms with E-state index >= 15 is 0 Å². The molecule has 0 aliphatic heterocycles. The fourth-order valence-electron chi connectivity index (χ4n) is 1.81. The quantitative estimate of drug-likeness (QED) is 0.600. The lowest BCUT2D eigenvalue weighted by atomic mass is 10.0. The molecule has 1 atom stereocenters. The van der Waals surface area contributed by atoms with E-state index in [0.717, 1.165) is 22.0 Å². The van der Waals surface area contributed by atoms with Gasteiger partial charge in [0.25, 0.3) is 0 Å². The molecule has 0 spiro atoms. The number of halogens is 3. The summed E-state index contributed by atoms with van der Waals surface area (Å²) in [6, 6.07) is 14.0. The van der Waals surface area contributed by atoms with Gasteiger partial charge in [0, 0.05) is 9.50 Å². The Bertz CT molecular complexity index is 535. The van der Waals surface area contributed by atoms with Crippen LogP contribution in [0.2, 0.25) is 5.02 Å². The Morgan fingerprint density at radius 2 is 1.78 bits per heavy atom. The molecule has 0 aliphatic rings. The monoisotopic (exact) mass is 342 g/mol. The first-order valence-corrected chi connectivity index (χ1v) is 7.40. The summed E-state index contributed by atoms with van der Waals surface area (Å²) < 4.78 is 0.978. The molecule has 0 heterocycles. The van der Waals surface area contributed by atoms with E-state index in [-0.39, 0.29) is 5.38 Å². The number of rotatable bonds is 3. The van der Waals surface area contributed by atoms with Crippen LogP contribution < -0.4 is 0 Å². The highest BCUT2D eigenvalue weighted by Crippen LogP contribution is 2.35. The van der Waals surface area contributed by atoms with Crippen molar-refractivity contribution in [1.82, 2.24) is 0 Å². The smallest absolute Gasteiger partial charge is 0.0846 e. The Hall–Kier alpha value is -0.500. The summed E-state index contributed by atoms with van der Waals surface area (Å²) in [5, 5.41) is 0.507. The third-order valence-electron chi connectivity index (χ3n) is 2.91. The van der Waals surface area contributed by atoms with Gasteiger partial charge >= 0.3 is 0 Å². The maximum Gasteiger partial charge on any atom is 0.0846 e. The van der Waals surface area contributed by atoms with Crippen LogP contribution in [0, 0.1) is 0 Å². The van der Waals surface area contributed by atoms with Gasteiger partial charge in [0.15, 0.2) is 0 Å². The van der Waals surface area contributed by atoms with Crippen LogP contribution in [-0.2, 0) is 6.42 Å². The predicted octanol–water partition coefficient (Wildman–Crippen LogP) is 5.99. The van der Waals surface area contributed by atoms with Crippen molar-refractivity contribution in [2.24, 2.45) is 0 Å². The van der Waals surface area contributed by atoms with E-state index in [9.17, 15) is 0 Å². The average molecular weight is 344 g/mol. The first kappa shape index (κ1) is 13.9. The molecule has 0 radical (unpaired) electrons. The van der Waals surface area contributed by atoms with Crippen molar-refractivity contribution in [2.45, 2.75) is 18.7 Å². The molecule has 2 rings (SSSR count). The van der Waals surface area contributed by atoms with Crippen LogP contribution in [0.15, 0.2) is 46.9 Å². The minimum atomic E-state index is -0.191. The van der Waals surface area contributed by atoms with E-state index in [4.69, 9.17) is 23.2 Å². The molecular formula is C15H13BrCl2. The zero-order valence-electron chi connectivity index (χ0n) is 9.96. The van der Waals surface area contributed by atoms with E-state index in [1.807, 2.05) is 18.2 Å². The average Bonchev–Trinajstić information content (AvgIpc) is 2.41. The molecule has 2 aromatic rings. The predicted molar refractivity (Wildman–Crippen MR) is 82.7 cm³/mol. The van der Waals surface area contributed by atoms with E-state index in [1.54, 1.807) is 0 Å². The Balaban J connectivity index is 2.34. The second-order valence-corrected chi connectivity index (χ2v) is 5.85. The number of benzene rings is 2. The third kappa shape index (κ3) is 3.09. The van der Waals surface area contributed by atoms with Crippen molar-refractivity contribution in [1.29, 1.82) is 0 Å². The molecule has 3 heteroatoms. The second kappa shape index (κ2) is 6.10. The summed E-state index contributed by atoms with van der Waals surface area (Å²) in [6.07, 6.45) is 1.04. The standard InChI is InChI=1S/C15H13BrCl2/c1-2-10-3-5-11(6-4-10)15(18)13-9-12(17)7-8-14(13)16/h3-9,15H,2H2,1H3. The maximum atomic E-state index is 6.52. The van der Waals surface area contributed by atoms with Crippen molar-refractivity contribution in [2.75, 3.05) is 0 Å². The zero-order valence-corrected chi connectivity index (χ0v) is 13.1. The summed E-state index contributed by atoms with van der Waals surface area (Å²) in [4.78, 5) is 0. The van der Waals surface area contributed by atoms with Crippen molar-refractivity contribution >= 4 is 39.1 Å². The van der Waals surface area contributed by atoms with Crippen LogP contribution >= 0.6 is 39.1 Å². The number of hydrogen-bond acceptors (Lipinski definition) is 0. The number of aryl methyl sites for hydroxylation is 1. The van der Waals surface area contributed by atoms with Crippen LogP contribution in [0.4, 0.5) is 0 Å². The van der Waals surface area contributed by atoms with Crippen molar-refractivity contribution in [3.8, 4) is 0 Å². The molecule has 2 aromatic carbocycles. The SMILES string of the molecule is CCc1ccc(C(Cl)c2cc(Cl)ccc2Br)cc1. The van der Waals surface area contributed by atoms with E-state index in [1.165, 1.54) is 5.56 Å². The van der Waals surface area contributed by atoms with Crippen molar-refractivity contribution in [3.63, 3.8) is 0 Å². The molecular weight excluding hydrogens is 331 g/mol. The van der Waals surface area contributed by atoms with Gasteiger partial charge in [-0.2, -0.15) is 0 Å². The van der Waals surface area contributed by atoms with Gasteiger partial charge in [0.1, 0.15) is 0 Å². The molecule has 0 aromatic heterocycles. The Labute approximate surface area is 126 Å². The summed E-state index contributed by atoms with van der Waals surface area (Å²) in [6.45, 7) is 2.14. The molecule has 18 heavy (non-hydrogen) atoms. The summed E-state index contributed by atoms with van der Waals surface area (Å²) >= 11 is 16.0. The highest BCUT2D eigenvalue weighted by molar-refractivity contribution is 9.10. The summed E-state index contributed by atoms with van der Waals surface area (Å²) in [7, 11) is 0. The lowest BCUT2D eigenvalue weighted by Gasteiger charge is -2.13. The molecule has 0 saturated carbocycles. The molecule has 0 fully saturated rings. The summed E-state index contributed by atoms with van der Waals surface area (Å²) in [5.41, 5.74) is 3.39. The van der Waals surface area contributed by atoms with Crippen molar-refractivity contribution < 1.29 is 0 Å². The highest BCUT2D eigenvalue weighted by atomic mass is 79.9. The Morgan fingerprint density at radius 3 is 2.39 bits per heavy atom. The first-order chi connectivity index (χ1) is 8.61. The fourth-order valence-corrected chi connectivity index (χ4v) is 2.92. The van der Waals surface area contributed by atoms with Crippen molar-refractivity contribution in [3.05, 3.63) is 68.7 Å².